The number of primary amides is 1. The Bertz CT molecular complexity index is 829. The molecule has 6 heteroatoms. The summed E-state index contributed by atoms with van der Waals surface area (Å²) in [5.41, 5.74) is 8.23. The van der Waals surface area contributed by atoms with Crippen molar-refractivity contribution < 1.29 is 4.79 Å². The second-order valence-electron chi connectivity index (χ2n) is 5.80. The summed E-state index contributed by atoms with van der Waals surface area (Å²) in [6.07, 6.45) is 3.35. The molecule has 1 heterocycles. The molecule has 2 aromatic rings. The van der Waals surface area contributed by atoms with Crippen LogP contribution in [0.1, 0.15) is 30.6 Å². The highest BCUT2D eigenvalue weighted by Gasteiger charge is 2.33. The van der Waals surface area contributed by atoms with Gasteiger partial charge in [0.2, 0.25) is 10.7 Å². The maximum Gasteiger partial charge on any atom is 0.248 e. The zero-order valence-corrected chi connectivity index (χ0v) is 14.3. The molecular weight excluding hydrogens is 308 g/mol. The zero-order valence-electron chi connectivity index (χ0n) is 13.5. The van der Waals surface area contributed by atoms with Gasteiger partial charge in [-0.15, -0.1) is 0 Å². The molecule has 0 aliphatic heterocycles. The van der Waals surface area contributed by atoms with Crippen LogP contribution in [0.2, 0.25) is 0 Å². The van der Waals surface area contributed by atoms with E-state index in [2.05, 4.69) is 25.0 Å². The van der Waals surface area contributed by atoms with Crippen LogP contribution in [-0.4, -0.2) is 21.7 Å². The van der Waals surface area contributed by atoms with Gasteiger partial charge in [-0.3, -0.25) is 9.79 Å². The van der Waals surface area contributed by atoms with Crippen molar-refractivity contribution in [3.05, 3.63) is 46.3 Å². The standard InChI is InChI=1S/C17H20N4OS/c1-4-11-9-14(11)10(2)19-17-21(3)20-16(23-17)13-7-5-12(6-8-13)15(18)22/h4-8,10,14H,9H2,1-3H3,(H2,18,22)/b11-4-,19-17?. The van der Waals surface area contributed by atoms with Crippen molar-refractivity contribution in [2.24, 2.45) is 23.7 Å². The second kappa shape index (κ2) is 6.12. The minimum Gasteiger partial charge on any atom is -0.366 e. The van der Waals surface area contributed by atoms with Gasteiger partial charge < -0.3 is 5.73 Å². The molecule has 1 aromatic carbocycles. The predicted molar refractivity (Wildman–Crippen MR) is 91.9 cm³/mol. The summed E-state index contributed by atoms with van der Waals surface area (Å²) in [7, 11) is 1.91. The third-order valence-electron chi connectivity index (χ3n) is 4.16. The number of allylic oxidation sites excluding steroid dienone is 1. The molecule has 2 unspecified atom stereocenters. The fourth-order valence-electron chi connectivity index (χ4n) is 2.63. The molecule has 1 fully saturated rings. The summed E-state index contributed by atoms with van der Waals surface area (Å²) in [4.78, 5) is 16.9. The van der Waals surface area contributed by atoms with Crippen molar-refractivity contribution in [2.45, 2.75) is 26.3 Å². The molecule has 0 bridgehead atoms. The number of aryl methyl sites for hydroxylation is 1. The van der Waals surface area contributed by atoms with Gasteiger partial charge in [0.1, 0.15) is 5.01 Å². The van der Waals surface area contributed by atoms with Gasteiger partial charge in [-0.2, -0.15) is 5.10 Å². The SMILES string of the molecule is C/C=C1/CC1C(C)N=c1sc(-c2ccc(C(N)=O)cc2)nn1C. The minimum atomic E-state index is -0.421. The molecule has 120 valence electrons. The average Bonchev–Trinajstić information content (AvgIpc) is 3.25. The summed E-state index contributed by atoms with van der Waals surface area (Å²) >= 11 is 1.56. The van der Waals surface area contributed by atoms with Crippen molar-refractivity contribution >= 4 is 17.2 Å². The van der Waals surface area contributed by atoms with Crippen molar-refractivity contribution in [1.29, 1.82) is 0 Å². The highest BCUT2D eigenvalue weighted by atomic mass is 32.1. The van der Waals surface area contributed by atoms with Crippen LogP contribution in [0.25, 0.3) is 10.6 Å². The lowest BCUT2D eigenvalue weighted by atomic mass is 10.1. The summed E-state index contributed by atoms with van der Waals surface area (Å²) < 4.78 is 1.82. The van der Waals surface area contributed by atoms with E-state index in [9.17, 15) is 4.79 Å². The molecule has 1 aromatic heterocycles. The monoisotopic (exact) mass is 328 g/mol. The highest BCUT2D eigenvalue weighted by molar-refractivity contribution is 7.12. The van der Waals surface area contributed by atoms with Gasteiger partial charge in [-0.1, -0.05) is 35.1 Å². The number of hydrogen-bond donors (Lipinski definition) is 1. The number of carbonyl (C=O) groups is 1. The first-order valence-corrected chi connectivity index (χ1v) is 8.44. The first kappa shape index (κ1) is 15.7. The molecule has 0 radical (unpaired) electrons. The van der Waals surface area contributed by atoms with Crippen LogP contribution >= 0.6 is 11.3 Å². The Balaban J connectivity index is 1.87. The molecule has 1 aliphatic rings. The Morgan fingerprint density at radius 1 is 1.48 bits per heavy atom. The Labute approximate surface area is 139 Å². The lowest BCUT2D eigenvalue weighted by Crippen LogP contribution is -2.16. The quantitative estimate of drug-likeness (QED) is 0.876. The fraction of sp³-hybridized carbons (Fsp3) is 0.353. The van der Waals surface area contributed by atoms with Gasteiger partial charge in [0, 0.05) is 24.1 Å². The van der Waals surface area contributed by atoms with Gasteiger partial charge in [0.05, 0.1) is 6.04 Å². The topological polar surface area (TPSA) is 73.3 Å². The van der Waals surface area contributed by atoms with Crippen LogP contribution in [0.15, 0.2) is 40.9 Å². The molecule has 1 aliphatic carbocycles. The second-order valence-corrected chi connectivity index (χ2v) is 6.75. The van der Waals surface area contributed by atoms with Gasteiger partial charge in [-0.25, -0.2) is 4.68 Å². The maximum absolute atomic E-state index is 11.1. The Morgan fingerprint density at radius 3 is 2.74 bits per heavy atom. The van der Waals surface area contributed by atoms with Gasteiger partial charge >= 0.3 is 0 Å². The third kappa shape index (κ3) is 3.27. The van der Waals surface area contributed by atoms with E-state index in [1.165, 1.54) is 5.57 Å². The summed E-state index contributed by atoms with van der Waals surface area (Å²) in [5, 5.41) is 5.42. The van der Waals surface area contributed by atoms with E-state index < -0.39 is 5.91 Å². The molecule has 1 saturated carbocycles. The van der Waals surface area contributed by atoms with Crippen molar-refractivity contribution in [2.75, 3.05) is 0 Å². The number of rotatable bonds is 4. The molecule has 0 saturated heterocycles. The number of aromatic nitrogens is 2. The molecule has 1 amide bonds. The Hall–Kier alpha value is -2.21. The number of amides is 1. The smallest absolute Gasteiger partial charge is 0.248 e. The summed E-state index contributed by atoms with van der Waals surface area (Å²) in [5.74, 6) is 0.162. The van der Waals surface area contributed by atoms with E-state index >= 15 is 0 Å². The number of hydrogen-bond acceptors (Lipinski definition) is 4. The summed E-state index contributed by atoms with van der Waals surface area (Å²) in [6, 6.07) is 7.45. The van der Waals surface area contributed by atoms with Crippen LogP contribution in [0.5, 0.6) is 0 Å². The van der Waals surface area contributed by atoms with E-state index in [4.69, 9.17) is 10.7 Å². The van der Waals surface area contributed by atoms with Crippen LogP contribution in [0.3, 0.4) is 0 Å². The Kier molecular flexibility index (Phi) is 4.17. The van der Waals surface area contributed by atoms with Gasteiger partial charge in [0.15, 0.2) is 0 Å². The number of benzene rings is 1. The largest absolute Gasteiger partial charge is 0.366 e. The third-order valence-corrected chi connectivity index (χ3v) is 5.22. The van der Waals surface area contributed by atoms with E-state index in [0.717, 1.165) is 21.8 Å². The average molecular weight is 328 g/mol. The van der Waals surface area contributed by atoms with Gasteiger partial charge in [0.25, 0.3) is 0 Å². The van der Waals surface area contributed by atoms with E-state index in [-0.39, 0.29) is 6.04 Å². The number of nitrogens with zero attached hydrogens (tertiary/aromatic N) is 3. The Morgan fingerprint density at radius 2 is 2.17 bits per heavy atom. The van der Waals surface area contributed by atoms with Crippen LogP contribution < -0.4 is 10.5 Å². The number of carbonyl (C=O) groups excluding carboxylic acids is 1. The normalized spacial score (nSPS) is 20.7. The fourth-order valence-corrected chi connectivity index (χ4v) is 3.61. The molecule has 23 heavy (non-hydrogen) atoms. The molecular formula is C17H20N4OS. The van der Waals surface area contributed by atoms with Crippen molar-refractivity contribution in [3.63, 3.8) is 0 Å². The molecule has 3 rings (SSSR count). The van der Waals surface area contributed by atoms with E-state index in [1.54, 1.807) is 23.5 Å². The van der Waals surface area contributed by atoms with Crippen molar-refractivity contribution in [1.82, 2.24) is 9.78 Å². The van der Waals surface area contributed by atoms with Crippen LogP contribution in [-0.2, 0) is 7.05 Å². The first-order valence-electron chi connectivity index (χ1n) is 7.63. The molecule has 5 nitrogen and oxygen atoms in total. The van der Waals surface area contributed by atoms with Crippen LogP contribution in [0.4, 0.5) is 0 Å². The lowest BCUT2D eigenvalue weighted by molar-refractivity contribution is 0.100. The lowest BCUT2D eigenvalue weighted by Gasteiger charge is -2.00. The highest BCUT2D eigenvalue weighted by Crippen LogP contribution is 2.41. The molecule has 0 spiro atoms. The van der Waals surface area contributed by atoms with Crippen molar-refractivity contribution in [3.8, 4) is 10.6 Å². The molecule has 2 atom stereocenters. The zero-order chi connectivity index (χ0) is 16.6. The van der Waals surface area contributed by atoms with E-state index in [0.29, 0.717) is 11.5 Å². The summed E-state index contributed by atoms with van der Waals surface area (Å²) in [6.45, 7) is 4.24. The van der Waals surface area contributed by atoms with E-state index in [1.807, 2.05) is 23.9 Å². The predicted octanol–water partition coefficient (Wildman–Crippen LogP) is 2.50. The van der Waals surface area contributed by atoms with Gasteiger partial charge in [-0.05, 0) is 32.4 Å². The molecule has 2 N–H and O–H groups in total. The van der Waals surface area contributed by atoms with Crippen LogP contribution in [0, 0.1) is 5.92 Å². The maximum atomic E-state index is 11.1. The number of nitrogens with two attached hydrogens (primary N) is 1. The minimum absolute atomic E-state index is 0.276. The first-order chi connectivity index (χ1) is 11.0.